The maximum atomic E-state index is 11.7. The fourth-order valence-electron chi connectivity index (χ4n) is 2.60. The quantitative estimate of drug-likeness (QED) is 0.820. The van der Waals surface area contributed by atoms with Crippen molar-refractivity contribution in [1.82, 2.24) is 5.32 Å². The molecule has 20 heavy (non-hydrogen) atoms. The van der Waals surface area contributed by atoms with Crippen molar-refractivity contribution in [3.05, 3.63) is 28.0 Å². The highest BCUT2D eigenvalue weighted by Crippen LogP contribution is 2.31. The Morgan fingerprint density at radius 3 is 2.95 bits per heavy atom. The largest absolute Gasteiger partial charge is 0.481 e. The van der Waals surface area contributed by atoms with Crippen molar-refractivity contribution in [2.45, 2.75) is 26.2 Å². The van der Waals surface area contributed by atoms with Crippen LogP contribution in [0.1, 0.15) is 29.7 Å². The van der Waals surface area contributed by atoms with Gasteiger partial charge < -0.3 is 10.4 Å². The molecule has 2 atom stereocenters. The molecule has 2 rings (SSSR count). The molecule has 0 saturated heterocycles. The van der Waals surface area contributed by atoms with Gasteiger partial charge in [-0.2, -0.15) is 0 Å². The number of thiophene rings is 1. The SMILES string of the molecule is Cc1ccsc1C=CC(=O)NCC1CCCC1C(=O)O. The van der Waals surface area contributed by atoms with E-state index in [0.717, 1.165) is 29.7 Å². The predicted molar refractivity (Wildman–Crippen MR) is 79.6 cm³/mol. The molecule has 108 valence electrons. The first kappa shape index (κ1) is 14.8. The number of carbonyl (C=O) groups excluding carboxylic acids is 1. The van der Waals surface area contributed by atoms with Gasteiger partial charge in [0.15, 0.2) is 0 Å². The van der Waals surface area contributed by atoms with Crippen LogP contribution in [0.5, 0.6) is 0 Å². The van der Waals surface area contributed by atoms with E-state index >= 15 is 0 Å². The van der Waals surface area contributed by atoms with Crippen LogP contribution in [0.4, 0.5) is 0 Å². The summed E-state index contributed by atoms with van der Waals surface area (Å²) in [6.45, 7) is 2.45. The van der Waals surface area contributed by atoms with Gasteiger partial charge in [0.1, 0.15) is 0 Å². The summed E-state index contributed by atoms with van der Waals surface area (Å²) in [5, 5.41) is 13.9. The summed E-state index contributed by atoms with van der Waals surface area (Å²) in [5.41, 5.74) is 1.15. The lowest BCUT2D eigenvalue weighted by molar-refractivity contribution is -0.143. The van der Waals surface area contributed by atoms with Crippen LogP contribution in [0.3, 0.4) is 0 Å². The highest BCUT2D eigenvalue weighted by Gasteiger charge is 2.32. The lowest BCUT2D eigenvalue weighted by Crippen LogP contribution is -2.32. The third-order valence-corrected chi connectivity index (χ3v) is 4.79. The standard InChI is InChI=1S/C15H19NO3S/c1-10-7-8-20-13(10)5-6-14(17)16-9-11-3-2-4-12(11)15(18)19/h5-8,11-12H,2-4,9H2,1H3,(H,16,17)(H,18,19). The molecule has 1 amide bonds. The van der Waals surface area contributed by atoms with E-state index in [9.17, 15) is 9.59 Å². The number of hydrogen-bond donors (Lipinski definition) is 2. The van der Waals surface area contributed by atoms with Gasteiger partial charge in [0, 0.05) is 17.5 Å². The summed E-state index contributed by atoms with van der Waals surface area (Å²) >= 11 is 1.59. The molecule has 1 aromatic heterocycles. The molecule has 0 radical (unpaired) electrons. The van der Waals surface area contributed by atoms with E-state index in [2.05, 4.69) is 5.32 Å². The van der Waals surface area contributed by atoms with Crippen molar-refractivity contribution in [3.63, 3.8) is 0 Å². The number of nitrogens with one attached hydrogen (secondary N) is 1. The lowest BCUT2D eigenvalue weighted by Gasteiger charge is -2.15. The van der Waals surface area contributed by atoms with Crippen LogP contribution >= 0.6 is 11.3 Å². The third kappa shape index (κ3) is 3.70. The molecule has 1 fully saturated rings. The van der Waals surface area contributed by atoms with E-state index in [1.807, 2.05) is 18.4 Å². The number of amides is 1. The van der Waals surface area contributed by atoms with E-state index in [4.69, 9.17) is 5.11 Å². The number of aryl methyl sites for hydroxylation is 1. The molecule has 0 spiro atoms. The smallest absolute Gasteiger partial charge is 0.306 e. The van der Waals surface area contributed by atoms with E-state index < -0.39 is 5.97 Å². The predicted octanol–water partition coefficient (Wildman–Crippen LogP) is 2.69. The molecule has 4 nitrogen and oxygen atoms in total. The number of aliphatic carboxylic acids is 1. The first-order valence-electron chi connectivity index (χ1n) is 6.80. The van der Waals surface area contributed by atoms with Crippen molar-refractivity contribution in [2.75, 3.05) is 6.54 Å². The van der Waals surface area contributed by atoms with Crippen LogP contribution < -0.4 is 5.32 Å². The zero-order valence-corrected chi connectivity index (χ0v) is 12.3. The fourth-order valence-corrected chi connectivity index (χ4v) is 3.42. The number of carboxylic acid groups (broad SMARTS) is 1. The Labute approximate surface area is 122 Å². The van der Waals surface area contributed by atoms with E-state index in [0.29, 0.717) is 6.54 Å². The van der Waals surface area contributed by atoms with Gasteiger partial charge in [0.05, 0.1) is 5.92 Å². The first-order valence-corrected chi connectivity index (χ1v) is 7.68. The molecule has 0 aliphatic heterocycles. The Morgan fingerprint density at radius 2 is 2.30 bits per heavy atom. The molecule has 1 aliphatic rings. The van der Waals surface area contributed by atoms with Crippen LogP contribution in [-0.2, 0) is 9.59 Å². The Balaban J connectivity index is 1.82. The molecule has 0 bridgehead atoms. The van der Waals surface area contributed by atoms with Gasteiger partial charge in [-0.05, 0) is 48.8 Å². The first-order chi connectivity index (χ1) is 9.58. The molecule has 1 aromatic rings. The van der Waals surface area contributed by atoms with Gasteiger partial charge in [0.2, 0.25) is 5.91 Å². The van der Waals surface area contributed by atoms with Crippen molar-refractivity contribution in [3.8, 4) is 0 Å². The molecule has 1 heterocycles. The number of hydrogen-bond acceptors (Lipinski definition) is 3. The monoisotopic (exact) mass is 293 g/mol. The average molecular weight is 293 g/mol. The lowest BCUT2D eigenvalue weighted by atomic mass is 9.96. The molecule has 2 unspecified atom stereocenters. The molecule has 1 aliphatic carbocycles. The maximum Gasteiger partial charge on any atom is 0.306 e. The van der Waals surface area contributed by atoms with Crippen LogP contribution in [-0.4, -0.2) is 23.5 Å². The van der Waals surface area contributed by atoms with Gasteiger partial charge in [-0.1, -0.05) is 6.42 Å². The summed E-state index contributed by atoms with van der Waals surface area (Å²) in [4.78, 5) is 23.9. The van der Waals surface area contributed by atoms with Crippen LogP contribution in [0.25, 0.3) is 6.08 Å². The summed E-state index contributed by atoms with van der Waals surface area (Å²) in [6.07, 6.45) is 5.86. The second-order valence-electron chi connectivity index (χ2n) is 5.18. The van der Waals surface area contributed by atoms with Crippen molar-refractivity contribution in [1.29, 1.82) is 0 Å². The van der Waals surface area contributed by atoms with E-state index in [-0.39, 0.29) is 17.7 Å². The van der Waals surface area contributed by atoms with Gasteiger partial charge in [-0.25, -0.2) is 0 Å². The minimum atomic E-state index is -0.744. The molecular formula is C15H19NO3S. The Bertz CT molecular complexity index is 521. The zero-order chi connectivity index (χ0) is 14.5. The molecule has 1 saturated carbocycles. The highest BCUT2D eigenvalue weighted by atomic mass is 32.1. The van der Waals surface area contributed by atoms with Crippen LogP contribution in [0.15, 0.2) is 17.5 Å². The average Bonchev–Trinajstić information content (AvgIpc) is 3.02. The summed E-state index contributed by atoms with van der Waals surface area (Å²) in [6, 6.07) is 2.01. The molecule has 5 heteroatoms. The minimum Gasteiger partial charge on any atom is -0.481 e. The van der Waals surface area contributed by atoms with Crippen molar-refractivity contribution >= 4 is 29.3 Å². The number of carboxylic acids is 1. The minimum absolute atomic E-state index is 0.0633. The summed E-state index contributed by atoms with van der Waals surface area (Å²) < 4.78 is 0. The number of carbonyl (C=O) groups is 2. The van der Waals surface area contributed by atoms with Gasteiger partial charge in [-0.15, -0.1) is 11.3 Å². The van der Waals surface area contributed by atoms with Crippen LogP contribution in [0, 0.1) is 18.8 Å². The van der Waals surface area contributed by atoms with Gasteiger partial charge >= 0.3 is 5.97 Å². The fraction of sp³-hybridized carbons (Fsp3) is 0.467. The van der Waals surface area contributed by atoms with Gasteiger partial charge in [0.25, 0.3) is 0 Å². The third-order valence-electron chi connectivity index (χ3n) is 3.80. The van der Waals surface area contributed by atoms with Crippen molar-refractivity contribution in [2.24, 2.45) is 11.8 Å². The van der Waals surface area contributed by atoms with E-state index in [1.165, 1.54) is 6.08 Å². The Kier molecular flexibility index (Phi) is 4.95. The second kappa shape index (κ2) is 6.70. The second-order valence-corrected chi connectivity index (χ2v) is 6.13. The maximum absolute atomic E-state index is 11.7. The molecule has 0 aromatic carbocycles. The Hall–Kier alpha value is -1.62. The zero-order valence-electron chi connectivity index (χ0n) is 11.5. The normalized spacial score (nSPS) is 22.2. The number of rotatable bonds is 5. The topological polar surface area (TPSA) is 66.4 Å². The van der Waals surface area contributed by atoms with Gasteiger partial charge in [-0.3, -0.25) is 9.59 Å². The highest BCUT2D eigenvalue weighted by molar-refractivity contribution is 7.11. The van der Waals surface area contributed by atoms with Crippen molar-refractivity contribution < 1.29 is 14.7 Å². The Morgan fingerprint density at radius 1 is 1.50 bits per heavy atom. The summed E-state index contributed by atoms with van der Waals surface area (Å²) in [5.74, 6) is -1.15. The molecule has 2 N–H and O–H groups in total. The summed E-state index contributed by atoms with van der Waals surface area (Å²) in [7, 11) is 0. The molecular weight excluding hydrogens is 274 g/mol. The van der Waals surface area contributed by atoms with Crippen LogP contribution in [0.2, 0.25) is 0 Å². The van der Waals surface area contributed by atoms with E-state index in [1.54, 1.807) is 17.4 Å².